The SMILES string of the molecule is O=C(O)c1cccc(Sc2cccc(Cl)c2)c1. The Hall–Kier alpha value is -1.45. The zero-order valence-electron chi connectivity index (χ0n) is 8.76. The Bertz CT molecular complexity index is 555. The molecule has 17 heavy (non-hydrogen) atoms. The maximum absolute atomic E-state index is 10.8. The summed E-state index contributed by atoms with van der Waals surface area (Å²) < 4.78 is 0. The highest BCUT2D eigenvalue weighted by Gasteiger charge is 2.04. The van der Waals surface area contributed by atoms with Crippen LogP contribution < -0.4 is 0 Å². The van der Waals surface area contributed by atoms with Gasteiger partial charge in [0, 0.05) is 14.8 Å². The smallest absolute Gasteiger partial charge is 0.335 e. The standard InChI is InChI=1S/C13H9ClO2S/c14-10-4-2-6-12(8-10)17-11-5-1-3-9(7-11)13(15)16/h1-8H,(H,15,16). The third-order valence-corrected chi connectivity index (χ3v) is 3.33. The van der Waals surface area contributed by atoms with Gasteiger partial charge in [0.2, 0.25) is 0 Å². The molecule has 0 aliphatic heterocycles. The molecule has 2 aromatic carbocycles. The Balaban J connectivity index is 2.24. The van der Waals surface area contributed by atoms with E-state index >= 15 is 0 Å². The minimum Gasteiger partial charge on any atom is -0.478 e. The van der Waals surface area contributed by atoms with Crippen molar-refractivity contribution in [1.29, 1.82) is 0 Å². The number of carbonyl (C=O) groups is 1. The van der Waals surface area contributed by atoms with Gasteiger partial charge in [-0.15, -0.1) is 0 Å². The maximum atomic E-state index is 10.8. The van der Waals surface area contributed by atoms with E-state index < -0.39 is 5.97 Å². The minimum atomic E-state index is -0.918. The van der Waals surface area contributed by atoms with Crippen LogP contribution in [0.1, 0.15) is 10.4 Å². The van der Waals surface area contributed by atoms with Gasteiger partial charge in [-0.25, -0.2) is 4.79 Å². The van der Waals surface area contributed by atoms with E-state index in [9.17, 15) is 4.79 Å². The van der Waals surface area contributed by atoms with E-state index in [0.717, 1.165) is 9.79 Å². The van der Waals surface area contributed by atoms with Crippen LogP contribution in [-0.2, 0) is 0 Å². The number of halogens is 1. The topological polar surface area (TPSA) is 37.3 Å². The van der Waals surface area contributed by atoms with E-state index in [-0.39, 0.29) is 5.56 Å². The lowest BCUT2D eigenvalue weighted by molar-refractivity contribution is 0.0696. The molecule has 0 aliphatic carbocycles. The van der Waals surface area contributed by atoms with Gasteiger partial charge in [-0.1, -0.05) is 35.5 Å². The first kappa shape index (κ1) is 12.0. The van der Waals surface area contributed by atoms with Crippen molar-refractivity contribution in [2.24, 2.45) is 0 Å². The van der Waals surface area contributed by atoms with E-state index in [4.69, 9.17) is 16.7 Å². The van der Waals surface area contributed by atoms with Crippen LogP contribution in [-0.4, -0.2) is 11.1 Å². The molecule has 0 heterocycles. The molecule has 0 saturated heterocycles. The molecular weight excluding hydrogens is 256 g/mol. The average molecular weight is 265 g/mol. The molecule has 86 valence electrons. The summed E-state index contributed by atoms with van der Waals surface area (Å²) in [6.45, 7) is 0. The Morgan fingerprint density at radius 1 is 1.06 bits per heavy atom. The highest BCUT2D eigenvalue weighted by molar-refractivity contribution is 7.99. The van der Waals surface area contributed by atoms with Crippen LogP contribution in [0.15, 0.2) is 58.3 Å². The number of carboxylic acids is 1. The van der Waals surface area contributed by atoms with E-state index in [2.05, 4.69) is 0 Å². The molecule has 0 amide bonds. The Kier molecular flexibility index (Phi) is 3.71. The average Bonchev–Trinajstić information content (AvgIpc) is 2.29. The summed E-state index contributed by atoms with van der Waals surface area (Å²) in [6, 6.07) is 14.3. The van der Waals surface area contributed by atoms with E-state index in [1.165, 1.54) is 11.8 Å². The van der Waals surface area contributed by atoms with Crippen molar-refractivity contribution in [2.45, 2.75) is 9.79 Å². The van der Waals surface area contributed by atoms with Crippen molar-refractivity contribution in [1.82, 2.24) is 0 Å². The van der Waals surface area contributed by atoms with Gasteiger partial charge in [0.25, 0.3) is 0 Å². The molecule has 2 aromatic rings. The molecule has 0 unspecified atom stereocenters. The summed E-state index contributed by atoms with van der Waals surface area (Å²) in [5.74, 6) is -0.918. The summed E-state index contributed by atoms with van der Waals surface area (Å²) in [5.41, 5.74) is 0.289. The van der Waals surface area contributed by atoms with Crippen molar-refractivity contribution in [3.05, 3.63) is 59.1 Å². The lowest BCUT2D eigenvalue weighted by Crippen LogP contribution is -1.95. The first-order valence-electron chi connectivity index (χ1n) is 4.92. The molecule has 2 nitrogen and oxygen atoms in total. The predicted molar refractivity (Wildman–Crippen MR) is 69.0 cm³/mol. The van der Waals surface area contributed by atoms with E-state index in [1.54, 1.807) is 24.3 Å². The van der Waals surface area contributed by atoms with Crippen LogP contribution in [0.2, 0.25) is 5.02 Å². The van der Waals surface area contributed by atoms with Gasteiger partial charge in [0.1, 0.15) is 0 Å². The molecular formula is C13H9ClO2S. The number of hydrogen-bond donors (Lipinski definition) is 1. The second-order valence-electron chi connectivity index (χ2n) is 3.39. The second-order valence-corrected chi connectivity index (χ2v) is 4.98. The van der Waals surface area contributed by atoms with Gasteiger partial charge < -0.3 is 5.11 Å². The fraction of sp³-hybridized carbons (Fsp3) is 0. The molecule has 0 aromatic heterocycles. The molecule has 2 rings (SSSR count). The summed E-state index contributed by atoms with van der Waals surface area (Å²) in [6.07, 6.45) is 0. The second kappa shape index (κ2) is 5.25. The molecule has 0 aliphatic rings. The van der Waals surface area contributed by atoms with Crippen molar-refractivity contribution in [3.8, 4) is 0 Å². The van der Waals surface area contributed by atoms with Crippen LogP contribution in [0.25, 0.3) is 0 Å². The van der Waals surface area contributed by atoms with Crippen LogP contribution in [0.4, 0.5) is 0 Å². The quantitative estimate of drug-likeness (QED) is 0.903. The molecule has 0 spiro atoms. The third-order valence-electron chi connectivity index (χ3n) is 2.11. The normalized spacial score (nSPS) is 10.2. The zero-order chi connectivity index (χ0) is 12.3. The fourth-order valence-electron chi connectivity index (χ4n) is 1.36. The number of rotatable bonds is 3. The maximum Gasteiger partial charge on any atom is 0.335 e. The van der Waals surface area contributed by atoms with Crippen molar-refractivity contribution in [2.75, 3.05) is 0 Å². The van der Waals surface area contributed by atoms with E-state index in [1.807, 2.05) is 24.3 Å². The molecule has 0 saturated carbocycles. The number of hydrogen-bond acceptors (Lipinski definition) is 2. The van der Waals surface area contributed by atoms with E-state index in [0.29, 0.717) is 5.02 Å². The number of aromatic carboxylic acids is 1. The van der Waals surface area contributed by atoms with Gasteiger partial charge in [-0.05, 0) is 36.4 Å². The first-order chi connectivity index (χ1) is 8.15. The number of carboxylic acid groups (broad SMARTS) is 1. The summed E-state index contributed by atoms with van der Waals surface area (Å²) in [5, 5.41) is 9.56. The highest BCUT2D eigenvalue weighted by Crippen LogP contribution is 2.29. The van der Waals surface area contributed by atoms with Crippen LogP contribution in [0, 0.1) is 0 Å². The highest BCUT2D eigenvalue weighted by atomic mass is 35.5. The monoisotopic (exact) mass is 264 g/mol. The van der Waals surface area contributed by atoms with Gasteiger partial charge in [0.05, 0.1) is 5.56 Å². The molecule has 4 heteroatoms. The fourth-order valence-corrected chi connectivity index (χ4v) is 2.55. The van der Waals surface area contributed by atoms with Gasteiger partial charge in [-0.3, -0.25) is 0 Å². The Morgan fingerprint density at radius 3 is 2.35 bits per heavy atom. The zero-order valence-corrected chi connectivity index (χ0v) is 10.3. The Labute approximate surface area is 108 Å². The third kappa shape index (κ3) is 3.25. The van der Waals surface area contributed by atoms with Crippen LogP contribution in [0.5, 0.6) is 0 Å². The van der Waals surface area contributed by atoms with Crippen LogP contribution in [0.3, 0.4) is 0 Å². The molecule has 0 fully saturated rings. The van der Waals surface area contributed by atoms with Gasteiger partial charge in [0.15, 0.2) is 0 Å². The largest absolute Gasteiger partial charge is 0.478 e. The predicted octanol–water partition coefficient (Wildman–Crippen LogP) is 4.19. The first-order valence-corrected chi connectivity index (χ1v) is 6.11. The summed E-state index contributed by atoms with van der Waals surface area (Å²) in [7, 11) is 0. The lowest BCUT2D eigenvalue weighted by Gasteiger charge is -2.03. The molecule has 0 atom stereocenters. The van der Waals surface area contributed by atoms with Gasteiger partial charge in [-0.2, -0.15) is 0 Å². The number of benzene rings is 2. The van der Waals surface area contributed by atoms with Crippen molar-refractivity contribution in [3.63, 3.8) is 0 Å². The Morgan fingerprint density at radius 2 is 1.71 bits per heavy atom. The molecule has 0 radical (unpaired) electrons. The lowest BCUT2D eigenvalue weighted by atomic mass is 10.2. The molecule has 0 bridgehead atoms. The van der Waals surface area contributed by atoms with Gasteiger partial charge >= 0.3 is 5.97 Å². The summed E-state index contributed by atoms with van der Waals surface area (Å²) >= 11 is 7.37. The minimum absolute atomic E-state index is 0.289. The molecule has 1 N–H and O–H groups in total. The van der Waals surface area contributed by atoms with Crippen molar-refractivity contribution < 1.29 is 9.90 Å². The van der Waals surface area contributed by atoms with Crippen molar-refractivity contribution >= 4 is 29.3 Å². The summed E-state index contributed by atoms with van der Waals surface area (Å²) in [4.78, 5) is 12.7. The van der Waals surface area contributed by atoms with Crippen LogP contribution >= 0.6 is 23.4 Å².